The summed E-state index contributed by atoms with van der Waals surface area (Å²) in [5.41, 5.74) is 3.44. The van der Waals surface area contributed by atoms with Crippen LogP contribution < -0.4 is 4.90 Å². The predicted molar refractivity (Wildman–Crippen MR) is 102 cm³/mol. The molecular formula is C21H25N3O2. The molecule has 5 heteroatoms. The molecule has 2 aromatic carbocycles. The highest BCUT2D eigenvalue weighted by Gasteiger charge is 2.32. The summed E-state index contributed by atoms with van der Waals surface area (Å²) in [6.07, 6.45) is -0.407. The van der Waals surface area contributed by atoms with Crippen molar-refractivity contribution in [1.82, 2.24) is 9.80 Å². The molecule has 2 aromatic rings. The van der Waals surface area contributed by atoms with Crippen LogP contribution in [0.3, 0.4) is 0 Å². The number of ether oxygens (including phenoxy) is 1. The van der Waals surface area contributed by atoms with Crippen LogP contribution in [0.4, 0.5) is 10.5 Å². The van der Waals surface area contributed by atoms with Gasteiger partial charge in [0.25, 0.3) is 0 Å². The van der Waals surface area contributed by atoms with Crippen molar-refractivity contribution in [3.8, 4) is 0 Å². The molecule has 4 rings (SSSR count). The van der Waals surface area contributed by atoms with Crippen molar-refractivity contribution in [2.45, 2.75) is 12.6 Å². The maximum absolute atomic E-state index is 12.2. The number of rotatable bonds is 4. The number of amides is 1. The Labute approximate surface area is 154 Å². The van der Waals surface area contributed by atoms with Gasteiger partial charge in [0.1, 0.15) is 6.10 Å². The number of hydrogen-bond acceptors (Lipinski definition) is 4. The Hall–Kier alpha value is -2.53. The van der Waals surface area contributed by atoms with Gasteiger partial charge in [-0.3, -0.25) is 4.90 Å². The van der Waals surface area contributed by atoms with Crippen LogP contribution in [-0.2, 0) is 11.3 Å². The molecule has 2 heterocycles. The molecule has 5 nitrogen and oxygen atoms in total. The van der Waals surface area contributed by atoms with Crippen molar-refractivity contribution < 1.29 is 9.53 Å². The highest BCUT2D eigenvalue weighted by atomic mass is 16.6. The summed E-state index contributed by atoms with van der Waals surface area (Å²) in [7, 11) is 2.16. The number of benzene rings is 2. The zero-order valence-electron chi connectivity index (χ0n) is 15.2. The number of nitrogens with zero attached hydrogens (tertiary/aromatic N) is 3. The first-order chi connectivity index (χ1) is 12.7. The van der Waals surface area contributed by atoms with Gasteiger partial charge in [-0.15, -0.1) is 0 Å². The molecule has 2 aliphatic rings. The van der Waals surface area contributed by atoms with Crippen LogP contribution in [0.1, 0.15) is 17.2 Å². The van der Waals surface area contributed by atoms with E-state index in [1.807, 2.05) is 30.3 Å². The smallest absolute Gasteiger partial charge is 0.410 e. The number of cyclic esters (lactones) is 1. The number of hydrogen-bond donors (Lipinski definition) is 0. The number of piperazine rings is 1. The normalized spacial score (nSPS) is 21.1. The van der Waals surface area contributed by atoms with Crippen LogP contribution in [0.5, 0.6) is 0 Å². The topological polar surface area (TPSA) is 36.0 Å². The van der Waals surface area contributed by atoms with Crippen molar-refractivity contribution in [2.24, 2.45) is 0 Å². The van der Waals surface area contributed by atoms with E-state index in [1.54, 1.807) is 4.90 Å². The van der Waals surface area contributed by atoms with Gasteiger partial charge in [0, 0.05) is 38.4 Å². The fourth-order valence-electron chi connectivity index (χ4n) is 3.58. The van der Waals surface area contributed by atoms with Gasteiger partial charge in [0.2, 0.25) is 0 Å². The Morgan fingerprint density at radius 2 is 1.65 bits per heavy atom. The molecule has 0 aliphatic carbocycles. The van der Waals surface area contributed by atoms with E-state index in [4.69, 9.17) is 4.74 Å². The molecule has 2 aliphatic heterocycles. The molecule has 26 heavy (non-hydrogen) atoms. The van der Waals surface area contributed by atoms with Crippen LogP contribution in [0.25, 0.3) is 0 Å². The Balaban J connectivity index is 1.37. The Kier molecular flexibility index (Phi) is 4.80. The molecule has 2 fully saturated rings. The first-order valence-corrected chi connectivity index (χ1v) is 9.22. The zero-order valence-corrected chi connectivity index (χ0v) is 15.2. The minimum atomic E-state index is -0.234. The molecule has 0 aromatic heterocycles. The monoisotopic (exact) mass is 351 g/mol. The fourth-order valence-corrected chi connectivity index (χ4v) is 3.58. The van der Waals surface area contributed by atoms with E-state index in [2.05, 4.69) is 41.1 Å². The quantitative estimate of drug-likeness (QED) is 0.848. The van der Waals surface area contributed by atoms with Crippen molar-refractivity contribution in [3.63, 3.8) is 0 Å². The molecule has 0 saturated carbocycles. The Morgan fingerprint density at radius 3 is 2.35 bits per heavy atom. The average Bonchev–Trinajstić information content (AvgIpc) is 3.04. The van der Waals surface area contributed by atoms with Crippen molar-refractivity contribution >= 4 is 11.8 Å². The number of anilines is 1. The summed E-state index contributed by atoms with van der Waals surface area (Å²) >= 11 is 0. The molecule has 1 amide bonds. The molecule has 136 valence electrons. The molecule has 0 spiro atoms. The van der Waals surface area contributed by atoms with Crippen molar-refractivity contribution in [1.29, 1.82) is 0 Å². The first kappa shape index (κ1) is 16.9. The van der Waals surface area contributed by atoms with Gasteiger partial charge in [0.05, 0.1) is 6.54 Å². The lowest BCUT2D eigenvalue weighted by Gasteiger charge is -2.34. The van der Waals surface area contributed by atoms with E-state index < -0.39 is 0 Å². The summed E-state index contributed by atoms with van der Waals surface area (Å²) in [5.74, 6) is 0. The number of carbonyl (C=O) groups excluding carboxylic acids is 1. The molecule has 1 unspecified atom stereocenters. The van der Waals surface area contributed by atoms with Crippen molar-refractivity contribution in [3.05, 3.63) is 65.7 Å². The lowest BCUT2D eigenvalue weighted by Crippen LogP contribution is -2.44. The highest BCUT2D eigenvalue weighted by molar-refractivity contribution is 5.70. The van der Waals surface area contributed by atoms with Crippen molar-refractivity contribution in [2.75, 3.05) is 44.7 Å². The molecule has 0 N–H and O–H groups in total. The minimum Gasteiger partial charge on any atom is -0.439 e. The Bertz CT molecular complexity index is 740. The SMILES string of the molecule is CN1CCN(c2ccc(CN3CC(c4ccccc4)OC3=O)cc2)CC1. The first-order valence-electron chi connectivity index (χ1n) is 9.22. The largest absolute Gasteiger partial charge is 0.439 e. The van der Waals surface area contributed by atoms with Gasteiger partial charge < -0.3 is 14.5 Å². The van der Waals surface area contributed by atoms with Gasteiger partial charge in [-0.25, -0.2) is 4.79 Å². The molecular weight excluding hydrogens is 326 g/mol. The number of carbonyl (C=O) groups is 1. The minimum absolute atomic E-state index is 0.173. The van der Waals surface area contributed by atoms with E-state index in [-0.39, 0.29) is 12.2 Å². The second kappa shape index (κ2) is 7.38. The zero-order chi connectivity index (χ0) is 17.9. The maximum atomic E-state index is 12.2. The van der Waals surface area contributed by atoms with E-state index >= 15 is 0 Å². The molecule has 0 bridgehead atoms. The lowest BCUT2D eigenvalue weighted by molar-refractivity contribution is 0.132. The fraction of sp³-hybridized carbons (Fsp3) is 0.381. The van der Waals surface area contributed by atoms with Crippen LogP contribution in [0.15, 0.2) is 54.6 Å². The van der Waals surface area contributed by atoms with Gasteiger partial charge in [0.15, 0.2) is 0 Å². The van der Waals surface area contributed by atoms with Gasteiger partial charge in [-0.05, 0) is 30.3 Å². The summed E-state index contributed by atoms with van der Waals surface area (Å²) in [4.78, 5) is 18.7. The average molecular weight is 351 g/mol. The summed E-state index contributed by atoms with van der Waals surface area (Å²) < 4.78 is 5.54. The van der Waals surface area contributed by atoms with E-state index in [9.17, 15) is 4.79 Å². The highest BCUT2D eigenvalue weighted by Crippen LogP contribution is 2.27. The van der Waals surface area contributed by atoms with Gasteiger partial charge in [-0.1, -0.05) is 42.5 Å². The van der Waals surface area contributed by atoms with E-state index in [0.29, 0.717) is 13.1 Å². The second-order valence-corrected chi connectivity index (χ2v) is 7.12. The second-order valence-electron chi connectivity index (χ2n) is 7.12. The summed E-state index contributed by atoms with van der Waals surface area (Å²) in [6, 6.07) is 18.5. The van der Waals surface area contributed by atoms with E-state index in [1.165, 1.54) is 5.69 Å². The summed E-state index contributed by atoms with van der Waals surface area (Å²) in [6.45, 7) is 5.51. The maximum Gasteiger partial charge on any atom is 0.410 e. The van der Waals surface area contributed by atoms with Crippen LogP contribution in [-0.4, -0.2) is 55.7 Å². The van der Waals surface area contributed by atoms with Crippen LogP contribution in [0, 0.1) is 0 Å². The van der Waals surface area contributed by atoms with E-state index in [0.717, 1.165) is 37.3 Å². The lowest BCUT2D eigenvalue weighted by atomic mass is 10.1. The number of likely N-dealkylation sites (N-methyl/N-ethyl adjacent to an activating group) is 1. The molecule has 2 saturated heterocycles. The molecule has 0 radical (unpaired) electrons. The predicted octanol–water partition coefficient (Wildman–Crippen LogP) is 3.13. The summed E-state index contributed by atoms with van der Waals surface area (Å²) in [5, 5.41) is 0. The van der Waals surface area contributed by atoms with Gasteiger partial charge in [-0.2, -0.15) is 0 Å². The van der Waals surface area contributed by atoms with Gasteiger partial charge >= 0.3 is 6.09 Å². The van der Waals surface area contributed by atoms with Crippen LogP contribution >= 0.6 is 0 Å². The third-order valence-corrected chi connectivity index (χ3v) is 5.24. The molecule has 1 atom stereocenters. The Morgan fingerprint density at radius 1 is 0.962 bits per heavy atom. The third kappa shape index (κ3) is 3.68. The van der Waals surface area contributed by atoms with Crippen LogP contribution in [0.2, 0.25) is 0 Å². The standard InChI is InChI=1S/C21H25N3O2/c1-22-11-13-23(14-12-22)19-9-7-17(8-10-19)15-24-16-20(26-21(24)25)18-5-3-2-4-6-18/h2-10,20H,11-16H2,1H3. The third-order valence-electron chi connectivity index (χ3n) is 5.24.